The standard InChI is InChI=1S/C25H23ClF2N4O3/c1-13-23(26)14(2)31-24(30-13)19-10-32(11-20(19)29)25(34)18-8-7-17(28)9-22(18)35-12-21(33)15-3-5-16(27)6-4-15/h3-9,19,21,29,33H,10-12H2,1-2H3. The van der Waals surface area contributed by atoms with Gasteiger partial charge >= 0.3 is 0 Å². The summed E-state index contributed by atoms with van der Waals surface area (Å²) in [6.45, 7) is 3.47. The third-order valence-corrected chi connectivity index (χ3v) is 6.36. The number of benzene rings is 2. The molecule has 10 heteroatoms. The molecule has 1 fully saturated rings. The van der Waals surface area contributed by atoms with Crippen LogP contribution in [-0.4, -0.2) is 51.3 Å². The van der Waals surface area contributed by atoms with Crippen molar-refractivity contribution in [1.29, 1.82) is 5.41 Å². The predicted molar refractivity (Wildman–Crippen MR) is 126 cm³/mol. The van der Waals surface area contributed by atoms with Gasteiger partial charge in [0.25, 0.3) is 5.91 Å². The number of aromatic nitrogens is 2. The normalized spacial score (nSPS) is 16.5. The number of aryl methyl sites for hydroxylation is 2. The first-order valence-corrected chi connectivity index (χ1v) is 11.2. The monoisotopic (exact) mass is 500 g/mol. The van der Waals surface area contributed by atoms with E-state index in [-0.39, 0.29) is 36.7 Å². The Bertz CT molecular complexity index is 1260. The number of hydrogen-bond acceptors (Lipinski definition) is 6. The van der Waals surface area contributed by atoms with Crippen molar-refractivity contribution >= 4 is 23.2 Å². The summed E-state index contributed by atoms with van der Waals surface area (Å²) >= 11 is 6.16. The van der Waals surface area contributed by atoms with E-state index >= 15 is 0 Å². The van der Waals surface area contributed by atoms with Gasteiger partial charge in [-0.25, -0.2) is 18.7 Å². The molecule has 3 aromatic rings. The summed E-state index contributed by atoms with van der Waals surface area (Å²) in [7, 11) is 0. The van der Waals surface area contributed by atoms with E-state index in [1.807, 2.05) is 0 Å². The highest BCUT2D eigenvalue weighted by Gasteiger charge is 2.35. The number of ether oxygens (including phenoxy) is 1. The number of nitrogens with one attached hydrogen (secondary N) is 1. The molecule has 1 aliphatic rings. The summed E-state index contributed by atoms with van der Waals surface area (Å²) in [6.07, 6.45) is -1.11. The Morgan fingerprint density at radius 3 is 2.46 bits per heavy atom. The van der Waals surface area contributed by atoms with Gasteiger partial charge in [-0.1, -0.05) is 23.7 Å². The molecule has 35 heavy (non-hydrogen) atoms. The number of aliphatic hydroxyl groups excluding tert-OH is 1. The SMILES string of the molecule is Cc1nc(C2CN(C(=O)c3ccc(F)cc3OCC(O)c3ccc(F)cc3)CC2=N)nc(C)c1Cl. The van der Waals surface area contributed by atoms with Gasteiger partial charge in [-0.05, 0) is 43.7 Å². The van der Waals surface area contributed by atoms with Crippen LogP contribution >= 0.6 is 11.6 Å². The number of nitrogens with zero attached hydrogens (tertiary/aromatic N) is 3. The van der Waals surface area contributed by atoms with Crippen LogP contribution in [0.3, 0.4) is 0 Å². The highest BCUT2D eigenvalue weighted by atomic mass is 35.5. The molecule has 7 nitrogen and oxygen atoms in total. The summed E-state index contributed by atoms with van der Waals surface area (Å²) in [5, 5.41) is 19.2. The number of hydrogen-bond donors (Lipinski definition) is 2. The van der Waals surface area contributed by atoms with Crippen molar-refractivity contribution in [3.63, 3.8) is 0 Å². The van der Waals surface area contributed by atoms with Gasteiger partial charge in [0.2, 0.25) is 0 Å². The zero-order chi connectivity index (χ0) is 25.3. The Kier molecular flexibility index (Phi) is 7.09. The summed E-state index contributed by atoms with van der Waals surface area (Å²) in [6, 6.07) is 8.77. The van der Waals surface area contributed by atoms with Crippen molar-refractivity contribution in [3.8, 4) is 5.75 Å². The van der Waals surface area contributed by atoms with Gasteiger partial charge in [0.05, 0.1) is 34.4 Å². The largest absolute Gasteiger partial charge is 0.490 e. The summed E-state index contributed by atoms with van der Waals surface area (Å²) < 4.78 is 32.7. The number of amides is 1. The zero-order valence-electron chi connectivity index (χ0n) is 19.1. The average molecular weight is 501 g/mol. The molecule has 1 aromatic heterocycles. The van der Waals surface area contributed by atoms with Gasteiger partial charge in [-0.3, -0.25) is 4.79 Å². The lowest BCUT2D eigenvalue weighted by Gasteiger charge is -2.19. The maximum Gasteiger partial charge on any atom is 0.257 e. The van der Waals surface area contributed by atoms with Gasteiger partial charge < -0.3 is 20.2 Å². The lowest BCUT2D eigenvalue weighted by molar-refractivity contribution is 0.0778. The van der Waals surface area contributed by atoms with E-state index in [0.29, 0.717) is 27.8 Å². The molecule has 2 unspecified atom stereocenters. The van der Waals surface area contributed by atoms with E-state index in [0.717, 1.165) is 12.1 Å². The molecule has 0 bridgehead atoms. The van der Waals surface area contributed by atoms with Crippen molar-refractivity contribution < 1.29 is 23.4 Å². The maximum absolute atomic E-state index is 14.0. The van der Waals surface area contributed by atoms with Crippen molar-refractivity contribution in [3.05, 3.63) is 87.5 Å². The van der Waals surface area contributed by atoms with E-state index < -0.39 is 29.6 Å². The van der Waals surface area contributed by atoms with Gasteiger partial charge in [-0.15, -0.1) is 0 Å². The number of carbonyl (C=O) groups excluding carboxylic acids is 1. The molecule has 2 heterocycles. The molecule has 2 atom stereocenters. The fourth-order valence-electron chi connectivity index (χ4n) is 3.90. The third-order valence-electron chi connectivity index (χ3n) is 5.81. The van der Waals surface area contributed by atoms with Crippen LogP contribution in [0.4, 0.5) is 8.78 Å². The minimum absolute atomic E-state index is 0.0411. The van der Waals surface area contributed by atoms with E-state index in [2.05, 4.69) is 9.97 Å². The molecule has 0 radical (unpaired) electrons. The Balaban J connectivity index is 1.51. The fraction of sp³-hybridized carbons (Fsp3) is 0.280. The van der Waals surface area contributed by atoms with Crippen LogP contribution in [0.25, 0.3) is 0 Å². The Morgan fingerprint density at radius 2 is 1.80 bits per heavy atom. The predicted octanol–water partition coefficient (Wildman–Crippen LogP) is 4.40. The van der Waals surface area contributed by atoms with Crippen LogP contribution in [0, 0.1) is 30.9 Å². The van der Waals surface area contributed by atoms with Crippen molar-refractivity contribution in [2.24, 2.45) is 0 Å². The van der Waals surface area contributed by atoms with Crippen LogP contribution in [-0.2, 0) is 0 Å². The zero-order valence-corrected chi connectivity index (χ0v) is 19.8. The molecule has 4 rings (SSSR count). The van der Waals surface area contributed by atoms with Crippen LogP contribution < -0.4 is 4.74 Å². The highest BCUT2D eigenvalue weighted by molar-refractivity contribution is 6.31. The second kappa shape index (κ2) is 10.1. The molecular formula is C25H23ClF2N4O3. The van der Waals surface area contributed by atoms with Crippen LogP contribution in [0.1, 0.15) is 45.2 Å². The maximum atomic E-state index is 14.0. The van der Waals surface area contributed by atoms with E-state index in [1.54, 1.807) is 13.8 Å². The molecule has 182 valence electrons. The second-order valence-corrected chi connectivity index (χ2v) is 8.73. The molecule has 0 saturated carbocycles. The number of aliphatic hydroxyl groups is 1. The van der Waals surface area contributed by atoms with Crippen molar-refractivity contribution in [2.45, 2.75) is 25.9 Å². The molecule has 0 spiro atoms. The van der Waals surface area contributed by atoms with E-state index in [4.69, 9.17) is 21.7 Å². The Hall–Kier alpha value is -3.43. The third kappa shape index (κ3) is 5.31. The lowest BCUT2D eigenvalue weighted by Crippen LogP contribution is -2.29. The Labute approximate surface area is 205 Å². The van der Waals surface area contributed by atoms with Gasteiger partial charge in [0, 0.05) is 18.3 Å². The van der Waals surface area contributed by atoms with E-state index in [1.165, 1.54) is 35.2 Å². The fourth-order valence-corrected chi connectivity index (χ4v) is 3.98. The van der Waals surface area contributed by atoms with Gasteiger partial charge in [-0.2, -0.15) is 0 Å². The molecular weight excluding hydrogens is 478 g/mol. The molecule has 2 N–H and O–H groups in total. The molecule has 1 saturated heterocycles. The van der Waals surface area contributed by atoms with Crippen LogP contribution in [0.2, 0.25) is 5.02 Å². The first kappa shape index (κ1) is 24.7. The second-order valence-electron chi connectivity index (χ2n) is 8.35. The molecule has 1 aliphatic heterocycles. The highest BCUT2D eigenvalue weighted by Crippen LogP contribution is 2.29. The number of likely N-dealkylation sites (tertiary alicyclic amines) is 1. The van der Waals surface area contributed by atoms with Gasteiger partial charge in [0.15, 0.2) is 0 Å². The molecule has 0 aliphatic carbocycles. The van der Waals surface area contributed by atoms with Crippen molar-refractivity contribution in [2.75, 3.05) is 19.7 Å². The quantitative estimate of drug-likeness (QED) is 0.522. The Morgan fingerprint density at radius 1 is 1.17 bits per heavy atom. The lowest BCUT2D eigenvalue weighted by atomic mass is 10.1. The minimum atomic E-state index is -1.11. The molecule has 2 aromatic carbocycles. The first-order chi connectivity index (χ1) is 16.6. The first-order valence-electron chi connectivity index (χ1n) is 10.9. The average Bonchev–Trinajstić information content (AvgIpc) is 3.22. The summed E-state index contributed by atoms with van der Waals surface area (Å²) in [5.41, 5.74) is 1.98. The van der Waals surface area contributed by atoms with Crippen LogP contribution in [0.15, 0.2) is 42.5 Å². The summed E-state index contributed by atoms with van der Waals surface area (Å²) in [4.78, 5) is 23.5. The van der Waals surface area contributed by atoms with Gasteiger partial charge in [0.1, 0.15) is 35.9 Å². The number of carbonyl (C=O) groups is 1. The van der Waals surface area contributed by atoms with E-state index in [9.17, 15) is 18.7 Å². The van der Waals surface area contributed by atoms with Crippen molar-refractivity contribution in [1.82, 2.24) is 14.9 Å². The number of halogens is 3. The number of rotatable bonds is 6. The minimum Gasteiger partial charge on any atom is -0.490 e. The summed E-state index contributed by atoms with van der Waals surface area (Å²) in [5.74, 6) is -1.61. The topological polar surface area (TPSA) is 99.4 Å². The van der Waals surface area contributed by atoms with Crippen LogP contribution in [0.5, 0.6) is 5.75 Å². The molecule has 1 amide bonds. The smallest absolute Gasteiger partial charge is 0.257 e.